The van der Waals surface area contributed by atoms with E-state index in [9.17, 15) is 18.9 Å². The molecule has 0 spiro atoms. The number of H-pyrrole nitrogens is 1. The molecule has 0 fully saturated rings. The zero-order chi connectivity index (χ0) is 13.8. The minimum Gasteiger partial charge on any atom is -0.379 e. The number of hydrogen-bond donors (Lipinski definition) is 2. The zero-order valence-electron chi connectivity index (χ0n) is 9.69. The van der Waals surface area contributed by atoms with E-state index in [0.29, 0.717) is 18.3 Å². The van der Waals surface area contributed by atoms with Gasteiger partial charge in [-0.25, -0.2) is 9.37 Å². The molecule has 0 radical (unpaired) electrons. The van der Waals surface area contributed by atoms with Crippen LogP contribution >= 0.6 is 0 Å². The molecule has 1 aromatic heterocycles. The normalized spacial score (nSPS) is 10.4. The molecule has 100 valence electrons. The standard InChI is InChI=1S/C11H10F2N4O2/c12-7-5-8(13)11(17(18)19)9(6-7)14-2-1-10-15-3-4-16-10/h3-6,14H,1-2H2,(H,15,16). The van der Waals surface area contributed by atoms with Crippen molar-refractivity contribution in [1.29, 1.82) is 0 Å². The van der Waals surface area contributed by atoms with Crippen LogP contribution < -0.4 is 5.32 Å². The summed E-state index contributed by atoms with van der Waals surface area (Å²) in [4.78, 5) is 16.7. The van der Waals surface area contributed by atoms with Crippen molar-refractivity contribution in [1.82, 2.24) is 9.97 Å². The number of benzene rings is 1. The third kappa shape index (κ3) is 3.03. The Hall–Kier alpha value is -2.51. The fourth-order valence-corrected chi connectivity index (χ4v) is 1.64. The summed E-state index contributed by atoms with van der Waals surface area (Å²) in [5.74, 6) is -1.40. The quantitative estimate of drug-likeness (QED) is 0.643. The molecule has 0 aliphatic carbocycles. The van der Waals surface area contributed by atoms with E-state index in [4.69, 9.17) is 0 Å². The lowest BCUT2D eigenvalue weighted by atomic mass is 10.2. The first-order valence-electron chi connectivity index (χ1n) is 5.43. The molecule has 1 heterocycles. The van der Waals surface area contributed by atoms with Crippen molar-refractivity contribution in [3.63, 3.8) is 0 Å². The van der Waals surface area contributed by atoms with E-state index in [1.807, 2.05) is 0 Å². The highest BCUT2D eigenvalue weighted by molar-refractivity contribution is 5.62. The first kappa shape index (κ1) is 12.9. The number of halogens is 2. The van der Waals surface area contributed by atoms with Crippen molar-refractivity contribution in [2.24, 2.45) is 0 Å². The third-order valence-electron chi connectivity index (χ3n) is 2.44. The maximum Gasteiger partial charge on any atom is 0.327 e. The molecule has 0 aliphatic rings. The van der Waals surface area contributed by atoms with E-state index >= 15 is 0 Å². The fourth-order valence-electron chi connectivity index (χ4n) is 1.64. The van der Waals surface area contributed by atoms with Crippen molar-refractivity contribution >= 4 is 11.4 Å². The maximum atomic E-state index is 13.3. The molecular weight excluding hydrogens is 258 g/mol. The molecule has 0 atom stereocenters. The summed E-state index contributed by atoms with van der Waals surface area (Å²) in [5, 5.41) is 13.4. The summed E-state index contributed by atoms with van der Waals surface area (Å²) >= 11 is 0. The summed E-state index contributed by atoms with van der Waals surface area (Å²) in [6, 6.07) is 1.37. The first-order valence-corrected chi connectivity index (χ1v) is 5.43. The number of rotatable bonds is 5. The van der Waals surface area contributed by atoms with Crippen LogP contribution in [0, 0.1) is 21.7 Å². The van der Waals surface area contributed by atoms with E-state index in [2.05, 4.69) is 15.3 Å². The van der Waals surface area contributed by atoms with Crippen LogP contribution in [0.1, 0.15) is 5.82 Å². The molecule has 2 aromatic rings. The Bertz CT molecular complexity index is 587. The van der Waals surface area contributed by atoms with E-state index in [1.165, 1.54) is 0 Å². The molecule has 0 saturated heterocycles. The van der Waals surface area contributed by atoms with Gasteiger partial charge in [0, 0.05) is 37.5 Å². The Morgan fingerprint density at radius 2 is 2.21 bits per heavy atom. The molecule has 0 bridgehead atoms. The van der Waals surface area contributed by atoms with Gasteiger partial charge in [-0.3, -0.25) is 10.1 Å². The Labute approximate surface area is 106 Å². The summed E-state index contributed by atoms with van der Waals surface area (Å²) < 4.78 is 26.4. The van der Waals surface area contributed by atoms with Crippen LogP contribution in [-0.4, -0.2) is 21.4 Å². The predicted octanol–water partition coefficient (Wildman–Crippen LogP) is 2.25. The molecule has 0 aliphatic heterocycles. The van der Waals surface area contributed by atoms with Crippen molar-refractivity contribution in [2.45, 2.75) is 6.42 Å². The van der Waals surface area contributed by atoms with Crippen LogP contribution in [0.25, 0.3) is 0 Å². The van der Waals surface area contributed by atoms with Gasteiger partial charge in [0.25, 0.3) is 0 Å². The number of hydrogen-bond acceptors (Lipinski definition) is 4. The molecule has 6 nitrogen and oxygen atoms in total. The van der Waals surface area contributed by atoms with Crippen molar-refractivity contribution < 1.29 is 13.7 Å². The van der Waals surface area contributed by atoms with Gasteiger partial charge in [0.05, 0.1) is 4.92 Å². The number of nitrogens with one attached hydrogen (secondary N) is 2. The summed E-state index contributed by atoms with van der Waals surface area (Å²) in [5.41, 5.74) is -0.949. The molecule has 0 saturated carbocycles. The molecule has 1 aromatic carbocycles. The highest BCUT2D eigenvalue weighted by Gasteiger charge is 2.21. The van der Waals surface area contributed by atoms with Crippen molar-refractivity contribution in [3.8, 4) is 0 Å². The van der Waals surface area contributed by atoms with Gasteiger partial charge in [-0.1, -0.05) is 0 Å². The van der Waals surface area contributed by atoms with Gasteiger partial charge in [-0.15, -0.1) is 0 Å². The topological polar surface area (TPSA) is 83.8 Å². The second-order valence-corrected chi connectivity index (χ2v) is 3.75. The number of nitro benzene ring substituents is 1. The number of imidazole rings is 1. The van der Waals surface area contributed by atoms with Gasteiger partial charge >= 0.3 is 5.69 Å². The molecule has 8 heteroatoms. The van der Waals surface area contributed by atoms with Crippen LogP contribution in [0.2, 0.25) is 0 Å². The predicted molar refractivity (Wildman–Crippen MR) is 63.8 cm³/mol. The fraction of sp³-hybridized carbons (Fsp3) is 0.182. The Balaban J connectivity index is 2.12. The second-order valence-electron chi connectivity index (χ2n) is 3.75. The Kier molecular flexibility index (Phi) is 3.69. The van der Waals surface area contributed by atoms with Crippen LogP contribution in [0.3, 0.4) is 0 Å². The Morgan fingerprint density at radius 1 is 1.42 bits per heavy atom. The largest absolute Gasteiger partial charge is 0.379 e. The molecule has 0 amide bonds. The van der Waals surface area contributed by atoms with E-state index < -0.39 is 22.2 Å². The van der Waals surface area contributed by atoms with Gasteiger partial charge in [0.2, 0.25) is 5.82 Å². The summed E-state index contributed by atoms with van der Waals surface area (Å²) in [6.07, 6.45) is 3.65. The number of nitrogens with zero attached hydrogens (tertiary/aromatic N) is 2. The van der Waals surface area contributed by atoms with Crippen molar-refractivity contribution in [2.75, 3.05) is 11.9 Å². The van der Waals surface area contributed by atoms with Gasteiger partial charge < -0.3 is 10.3 Å². The van der Waals surface area contributed by atoms with Crippen LogP contribution in [0.4, 0.5) is 20.2 Å². The summed E-state index contributed by atoms with van der Waals surface area (Å²) in [7, 11) is 0. The van der Waals surface area contributed by atoms with Gasteiger partial charge in [-0.2, -0.15) is 4.39 Å². The average Bonchev–Trinajstić information content (AvgIpc) is 2.80. The average molecular weight is 268 g/mol. The molecule has 0 unspecified atom stereocenters. The molecule has 2 N–H and O–H groups in total. The second kappa shape index (κ2) is 5.42. The van der Waals surface area contributed by atoms with Crippen LogP contribution in [0.5, 0.6) is 0 Å². The lowest BCUT2D eigenvalue weighted by Crippen LogP contribution is -2.09. The minimum atomic E-state index is -1.20. The highest BCUT2D eigenvalue weighted by atomic mass is 19.1. The molecule has 19 heavy (non-hydrogen) atoms. The number of anilines is 1. The lowest BCUT2D eigenvalue weighted by molar-refractivity contribution is -0.386. The summed E-state index contributed by atoms with van der Waals surface area (Å²) in [6.45, 7) is 0.261. The van der Waals surface area contributed by atoms with Crippen molar-refractivity contribution in [3.05, 3.63) is 52.1 Å². The lowest BCUT2D eigenvalue weighted by Gasteiger charge is -2.07. The number of aromatic nitrogens is 2. The van der Waals surface area contributed by atoms with E-state index in [-0.39, 0.29) is 12.2 Å². The monoisotopic (exact) mass is 268 g/mol. The van der Waals surface area contributed by atoms with Crippen LogP contribution in [0.15, 0.2) is 24.5 Å². The van der Waals surface area contributed by atoms with Crippen LogP contribution in [-0.2, 0) is 6.42 Å². The Morgan fingerprint density at radius 3 is 2.84 bits per heavy atom. The highest BCUT2D eigenvalue weighted by Crippen LogP contribution is 2.28. The smallest absolute Gasteiger partial charge is 0.327 e. The number of aromatic amines is 1. The third-order valence-corrected chi connectivity index (χ3v) is 2.44. The van der Waals surface area contributed by atoms with Gasteiger partial charge in [0.15, 0.2) is 0 Å². The maximum absolute atomic E-state index is 13.3. The zero-order valence-corrected chi connectivity index (χ0v) is 9.69. The SMILES string of the molecule is O=[N+]([O-])c1c(F)cc(F)cc1NCCc1ncc[nH]1. The first-order chi connectivity index (χ1) is 9.08. The van der Waals surface area contributed by atoms with Gasteiger partial charge in [0.1, 0.15) is 17.3 Å². The van der Waals surface area contributed by atoms with E-state index in [0.717, 1.165) is 6.07 Å². The van der Waals surface area contributed by atoms with E-state index in [1.54, 1.807) is 12.4 Å². The van der Waals surface area contributed by atoms with Gasteiger partial charge in [-0.05, 0) is 0 Å². The number of nitro groups is 1. The molecule has 2 rings (SSSR count). The minimum absolute atomic E-state index is 0.186. The molecular formula is C11H10F2N4O2.